The van der Waals surface area contributed by atoms with Gasteiger partial charge in [-0.05, 0) is 36.6 Å². The number of halogens is 4. The Morgan fingerprint density at radius 1 is 1.09 bits per heavy atom. The predicted molar refractivity (Wildman–Crippen MR) is 170 cm³/mol. The molecule has 9 nitrogen and oxygen atoms in total. The smallest absolute Gasteiger partial charge is 0.338 e. The van der Waals surface area contributed by atoms with Gasteiger partial charge in [0.05, 0.1) is 48.6 Å². The molecule has 224 valence electrons. The summed E-state index contributed by atoms with van der Waals surface area (Å²) >= 11 is 26.9. The Morgan fingerprint density at radius 3 is 2.37 bits per heavy atom. The van der Waals surface area contributed by atoms with E-state index in [-0.39, 0.29) is 26.9 Å². The average molecular weight is 700 g/mol. The Balaban J connectivity index is 1.52. The van der Waals surface area contributed by atoms with Gasteiger partial charge in [-0.3, -0.25) is 14.4 Å². The number of thioether (sulfide) groups is 1. The molecular formula is C28H22Cl4N4O5S2. The van der Waals surface area contributed by atoms with Crippen LogP contribution < -0.4 is 10.6 Å². The number of carboxylic acids is 1. The zero-order valence-electron chi connectivity index (χ0n) is 22.5. The van der Waals surface area contributed by atoms with Gasteiger partial charge in [0.25, 0.3) is 5.91 Å². The quantitative estimate of drug-likeness (QED) is 0.125. The molecule has 3 amide bonds. The van der Waals surface area contributed by atoms with Gasteiger partial charge in [-0.25, -0.2) is 4.79 Å². The summed E-state index contributed by atoms with van der Waals surface area (Å²) in [6, 6.07) is 8.81. The lowest BCUT2D eigenvalue weighted by molar-refractivity contribution is -0.129. The first-order valence-electron chi connectivity index (χ1n) is 12.7. The molecule has 0 bridgehead atoms. The van der Waals surface area contributed by atoms with Crippen LogP contribution in [-0.2, 0) is 22.6 Å². The molecule has 0 spiro atoms. The summed E-state index contributed by atoms with van der Waals surface area (Å²) in [5.41, 5.74) is 0.540. The zero-order valence-corrected chi connectivity index (χ0v) is 27.2. The number of aromatic carboxylic acids is 1. The van der Waals surface area contributed by atoms with Gasteiger partial charge in [0.15, 0.2) is 0 Å². The first-order chi connectivity index (χ1) is 20.4. The van der Waals surface area contributed by atoms with Gasteiger partial charge < -0.3 is 20.6 Å². The predicted octanol–water partition coefficient (Wildman–Crippen LogP) is 7.60. The minimum Gasteiger partial charge on any atom is -0.478 e. The van der Waals surface area contributed by atoms with E-state index in [4.69, 9.17) is 46.4 Å². The van der Waals surface area contributed by atoms with E-state index < -0.39 is 33.3 Å². The molecule has 2 aromatic carbocycles. The summed E-state index contributed by atoms with van der Waals surface area (Å²) < 4.78 is 0. The fourth-order valence-corrected chi connectivity index (χ4v) is 7.69. The maximum absolute atomic E-state index is 13.3. The third kappa shape index (κ3) is 6.90. The van der Waals surface area contributed by atoms with E-state index in [1.807, 2.05) is 6.92 Å². The first-order valence-corrected chi connectivity index (χ1v) is 15.9. The standard InChI is InChI=1S/C28H22Cl4N4O5S2/c1-3-17(25(38)35-27-16(10-33)15-7-8-36(12(2)37)11-18(15)43-27)42-14-6-4-5-13(9-14)34-26(39)19-20(28(40)41)22(30)24(32)23(31)21(19)29/h4-6,9,17H,3,7-8,11H2,1-2H3,(H,34,39)(H,35,38)(H,40,41). The van der Waals surface area contributed by atoms with Crippen molar-refractivity contribution in [2.75, 3.05) is 17.2 Å². The number of carboxylic acid groups (broad SMARTS) is 1. The number of anilines is 2. The van der Waals surface area contributed by atoms with E-state index in [1.54, 1.807) is 29.2 Å². The molecule has 15 heteroatoms. The molecule has 0 radical (unpaired) electrons. The third-order valence-electron chi connectivity index (χ3n) is 6.59. The number of amides is 3. The number of hydrogen-bond donors (Lipinski definition) is 3. The van der Waals surface area contributed by atoms with Crippen molar-refractivity contribution in [2.24, 2.45) is 0 Å². The molecule has 0 saturated heterocycles. The number of benzene rings is 2. The van der Waals surface area contributed by atoms with Crippen molar-refractivity contribution in [2.45, 2.75) is 43.4 Å². The highest BCUT2D eigenvalue weighted by molar-refractivity contribution is 8.00. The minimum absolute atomic E-state index is 0.0461. The SMILES string of the molecule is CCC(Sc1cccc(NC(=O)c2c(Cl)c(Cl)c(Cl)c(Cl)c2C(=O)O)c1)C(=O)Nc1sc2c(c1C#N)CCN(C(C)=O)C2. The summed E-state index contributed by atoms with van der Waals surface area (Å²) in [6.45, 7) is 4.27. The summed E-state index contributed by atoms with van der Waals surface area (Å²) in [5, 5.41) is 23.5. The molecule has 0 aliphatic carbocycles. The van der Waals surface area contributed by atoms with Crippen molar-refractivity contribution in [3.63, 3.8) is 0 Å². The molecule has 4 rings (SSSR count). The summed E-state index contributed by atoms with van der Waals surface area (Å²) in [7, 11) is 0. The number of fused-ring (bicyclic) bond motifs is 1. The summed E-state index contributed by atoms with van der Waals surface area (Å²) in [6.07, 6.45) is 1.000. The maximum Gasteiger partial charge on any atom is 0.338 e. The van der Waals surface area contributed by atoms with Gasteiger partial charge in [0, 0.05) is 28.9 Å². The van der Waals surface area contributed by atoms with Crippen LogP contribution in [0, 0.1) is 11.3 Å². The number of nitrogens with zero attached hydrogens (tertiary/aromatic N) is 2. The molecule has 1 atom stereocenters. The van der Waals surface area contributed by atoms with E-state index in [1.165, 1.54) is 30.0 Å². The monoisotopic (exact) mass is 698 g/mol. The molecule has 1 unspecified atom stereocenters. The molecule has 43 heavy (non-hydrogen) atoms. The second kappa shape index (κ2) is 13.8. The fraction of sp³-hybridized carbons (Fsp3) is 0.250. The van der Waals surface area contributed by atoms with Crippen molar-refractivity contribution < 1.29 is 24.3 Å². The lowest BCUT2D eigenvalue weighted by atomic mass is 10.0. The van der Waals surface area contributed by atoms with Crippen LogP contribution >= 0.6 is 69.5 Å². The highest BCUT2D eigenvalue weighted by atomic mass is 35.5. The second-order valence-corrected chi connectivity index (χ2v) is 13.2. The average Bonchev–Trinajstić information content (AvgIpc) is 3.32. The van der Waals surface area contributed by atoms with Crippen LogP contribution in [0.2, 0.25) is 20.1 Å². The van der Waals surface area contributed by atoms with Crippen LogP contribution in [0.5, 0.6) is 0 Å². The third-order valence-corrected chi connectivity index (χ3v) is 10.9. The number of rotatable bonds is 8. The summed E-state index contributed by atoms with van der Waals surface area (Å²) in [4.78, 5) is 53.4. The number of carbonyl (C=O) groups excluding carboxylic acids is 3. The fourth-order valence-electron chi connectivity index (χ4n) is 4.44. The van der Waals surface area contributed by atoms with Gasteiger partial charge in [0.1, 0.15) is 11.1 Å². The van der Waals surface area contributed by atoms with Gasteiger partial charge in [-0.15, -0.1) is 23.1 Å². The van der Waals surface area contributed by atoms with Gasteiger partial charge in [0.2, 0.25) is 11.8 Å². The van der Waals surface area contributed by atoms with Crippen LogP contribution in [0.3, 0.4) is 0 Å². The topological polar surface area (TPSA) is 140 Å². The second-order valence-electron chi connectivity index (χ2n) is 9.31. The Morgan fingerprint density at radius 2 is 1.77 bits per heavy atom. The van der Waals surface area contributed by atoms with Crippen LogP contribution in [0.1, 0.15) is 57.0 Å². The number of nitriles is 1. The van der Waals surface area contributed by atoms with Crippen molar-refractivity contribution in [1.29, 1.82) is 5.26 Å². The number of thiophene rings is 1. The molecule has 0 fully saturated rings. The highest BCUT2D eigenvalue weighted by Crippen LogP contribution is 2.42. The highest BCUT2D eigenvalue weighted by Gasteiger charge is 2.30. The normalized spacial score (nSPS) is 13.1. The van der Waals surface area contributed by atoms with Crippen molar-refractivity contribution >= 4 is 104 Å². The first kappa shape index (κ1) is 32.9. The molecule has 1 aliphatic rings. The molecule has 1 aliphatic heterocycles. The van der Waals surface area contributed by atoms with E-state index >= 15 is 0 Å². The molecule has 3 aromatic rings. The van der Waals surface area contributed by atoms with E-state index in [9.17, 15) is 29.5 Å². The van der Waals surface area contributed by atoms with Crippen molar-refractivity contribution in [3.8, 4) is 6.07 Å². The van der Waals surface area contributed by atoms with Gasteiger partial charge in [-0.1, -0.05) is 59.4 Å². The minimum atomic E-state index is -1.51. The molecular weight excluding hydrogens is 678 g/mol. The lowest BCUT2D eigenvalue weighted by Gasteiger charge is -2.25. The molecule has 1 aromatic heterocycles. The molecule has 3 N–H and O–H groups in total. The van der Waals surface area contributed by atoms with Crippen LogP contribution in [0.25, 0.3) is 0 Å². The van der Waals surface area contributed by atoms with Crippen LogP contribution in [0.4, 0.5) is 10.7 Å². The Bertz CT molecular complexity index is 1710. The Kier molecular flexibility index (Phi) is 10.5. The molecule has 2 heterocycles. The summed E-state index contributed by atoms with van der Waals surface area (Å²) in [5.74, 6) is -2.73. The van der Waals surface area contributed by atoms with Crippen molar-refractivity contribution in [3.05, 3.63) is 71.5 Å². The maximum atomic E-state index is 13.3. The molecule has 0 saturated carbocycles. The Labute approximate surface area is 275 Å². The lowest BCUT2D eigenvalue weighted by Crippen LogP contribution is -2.33. The largest absolute Gasteiger partial charge is 0.478 e. The van der Waals surface area contributed by atoms with Gasteiger partial charge in [-0.2, -0.15) is 5.26 Å². The Hall–Kier alpha value is -2.98. The number of carbonyl (C=O) groups is 4. The zero-order chi connectivity index (χ0) is 31.6. The van der Waals surface area contributed by atoms with Gasteiger partial charge >= 0.3 is 5.97 Å². The van der Waals surface area contributed by atoms with Crippen LogP contribution in [-0.4, -0.2) is 45.5 Å². The van der Waals surface area contributed by atoms with Crippen LogP contribution in [0.15, 0.2) is 29.2 Å². The van der Waals surface area contributed by atoms with E-state index in [0.717, 1.165) is 10.4 Å². The number of nitrogens with one attached hydrogen (secondary N) is 2. The van der Waals surface area contributed by atoms with E-state index in [0.29, 0.717) is 47.1 Å². The van der Waals surface area contributed by atoms with E-state index in [2.05, 4.69) is 16.7 Å². The van der Waals surface area contributed by atoms with Crippen molar-refractivity contribution in [1.82, 2.24) is 4.90 Å². The number of hydrogen-bond acceptors (Lipinski definition) is 7.